The van der Waals surface area contributed by atoms with Gasteiger partial charge in [0, 0.05) is 4.90 Å². The maximum absolute atomic E-state index is 11.8. The highest BCUT2D eigenvalue weighted by molar-refractivity contribution is 7.98. The van der Waals surface area contributed by atoms with E-state index in [2.05, 4.69) is 0 Å². The van der Waals surface area contributed by atoms with Gasteiger partial charge in [0.05, 0.1) is 10.0 Å². The Balaban J connectivity index is 3.17. The SMILES string of the molecule is CSc1cc(Cl)c(S(=O)(=O)NCC(=O)O)cc1Cl. The van der Waals surface area contributed by atoms with E-state index in [1.807, 2.05) is 4.72 Å². The van der Waals surface area contributed by atoms with Crippen molar-refractivity contribution in [3.8, 4) is 0 Å². The lowest BCUT2D eigenvalue weighted by atomic mass is 10.3. The van der Waals surface area contributed by atoms with Crippen molar-refractivity contribution in [1.29, 1.82) is 0 Å². The Bertz CT molecular complexity index is 574. The Morgan fingerprint density at radius 1 is 1.39 bits per heavy atom. The summed E-state index contributed by atoms with van der Waals surface area (Å²) in [5.74, 6) is -1.29. The van der Waals surface area contributed by atoms with Crippen molar-refractivity contribution in [3.05, 3.63) is 22.2 Å². The van der Waals surface area contributed by atoms with Gasteiger partial charge in [0.2, 0.25) is 10.0 Å². The van der Waals surface area contributed by atoms with E-state index in [1.165, 1.54) is 23.9 Å². The number of carboxylic acids is 1. The molecular formula is C9H9Cl2NO4S2. The van der Waals surface area contributed by atoms with Crippen molar-refractivity contribution >= 4 is 51.0 Å². The molecule has 18 heavy (non-hydrogen) atoms. The Morgan fingerprint density at radius 2 is 2.00 bits per heavy atom. The molecule has 1 aromatic rings. The van der Waals surface area contributed by atoms with Crippen LogP contribution in [-0.4, -0.2) is 32.3 Å². The molecule has 0 aliphatic carbocycles. The number of sulfonamides is 1. The van der Waals surface area contributed by atoms with E-state index in [1.54, 1.807) is 6.26 Å². The fraction of sp³-hybridized carbons (Fsp3) is 0.222. The van der Waals surface area contributed by atoms with Gasteiger partial charge in [-0.1, -0.05) is 23.2 Å². The zero-order chi connectivity index (χ0) is 13.9. The van der Waals surface area contributed by atoms with Crippen LogP contribution in [0.1, 0.15) is 0 Å². The molecule has 0 fully saturated rings. The van der Waals surface area contributed by atoms with Crippen molar-refractivity contribution in [2.24, 2.45) is 0 Å². The molecule has 0 aliphatic heterocycles. The predicted octanol–water partition coefficient (Wildman–Crippen LogP) is 2.08. The lowest BCUT2D eigenvalue weighted by Gasteiger charge is -2.09. The molecule has 0 aromatic heterocycles. The number of benzene rings is 1. The average Bonchev–Trinajstić information content (AvgIpc) is 2.29. The largest absolute Gasteiger partial charge is 0.480 e. The smallest absolute Gasteiger partial charge is 0.318 e. The third-order valence-electron chi connectivity index (χ3n) is 1.91. The van der Waals surface area contributed by atoms with Gasteiger partial charge in [-0.2, -0.15) is 4.72 Å². The van der Waals surface area contributed by atoms with Gasteiger partial charge in [-0.25, -0.2) is 8.42 Å². The van der Waals surface area contributed by atoms with Crippen molar-refractivity contribution in [2.75, 3.05) is 12.8 Å². The summed E-state index contributed by atoms with van der Waals surface area (Å²) in [7, 11) is -3.99. The summed E-state index contributed by atoms with van der Waals surface area (Å²) in [4.78, 5) is 10.7. The molecule has 2 N–H and O–H groups in total. The van der Waals surface area contributed by atoms with Crippen LogP contribution in [0.15, 0.2) is 21.9 Å². The standard InChI is InChI=1S/C9H9Cl2NO4S2/c1-17-7-2-6(11)8(3-5(7)10)18(15,16)12-4-9(13)14/h2-3,12H,4H2,1H3,(H,13,14). The number of carbonyl (C=O) groups is 1. The molecule has 0 heterocycles. The average molecular weight is 330 g/mol. The van der Waals surface area contributed by atoms with Crippen molar-refractivity contribution in [2.45, 2.75) is 9.79 Å². The van der Waals surface area contributed by atoms with Gasteiger partial charge in [0.25, 0.3) is 0 Å². The molecule has 0 atom stereocenters. The first-order chi connectivity index (χ1) is 8.27. The van der Waals surface area contributed by atoms with Crippen LogP contribution in [0.2, 0.25) is 10.0 Å². The van der Waals surface area contributed by atoms with Crippen LogP contribution in [0.5, 0.6) is 0 Å². The summed E-state index contributed by atoms with van der Waals surface area (Å²) in [6.07, 6.45) is 1.77. The van der Waals surface area contributed by atoms with E-state index in [9.17, 15) is 13.2 Å². The van der Waals surface area contributed by atoms with Gasteiger partial charge < -0.3 is 5.11 Å². The molecule has 0 radical (unpaired) electrons. The van der Waals surface area contributed by atoms with E-state index < -0.39 is 22.5 Å². The third kappa shape index (κ3) is 3.76. The van der Waals surface area contributed by atoms with Gasteiger partial charge in [-0.05, 0) is 18.4 Å². The van der Waals surface area contributed by atoms with Gasteiger partial charge >= 0.3 is 5.97 Å². The maximum Gasteiger partial charge on any atom is 0.318 e. The molecule has 0 saturated carbocycles. The second kappa shape index (κ2) is 6.12. The first-order valence-corrected chi connectivity index (χ1v) is 7.99. The highest BCUT2D eigenvalue weighted by Crippen LogP contribution is 2.33. The summed E-state index contributed by atoms with van der Waals surface area (Å²) >= 11 is 13.0. The highest BCUT2D eigenvalue weighted by atomic mass is 35.5. The van der Waals surface area contributed by atoms with Crippen LogP contribution < -0.4 is 4.72 Å². The van der Waals surface area contributed by atoms with E-state index in [0.29, 0.717) is 4.90 Å². The first-order valence-electron chi connectivity index (χ1n) is 4.52. The van der Waals surface area contributed by atoms with Crippen LogP contribution in [0.25, 0.3) is 0 Å². The summed E-state index contributed by atoms with van der Waals surface area (Å²) in [5.41, 5.74) is 0. The van der Waals surface area contributed by atoms with Gasteiger partial charge in [-0.3, -0.25) is 4.79 Å². The minimum atomic E-state index is -3.99. The van der Waals surface area contributed by atoms with Crippen LogP contribution >= 0.6 is 35.0 Å². The predicted molar refractivity (Wildman–Crippen MR) is 71.1 cm³/mol. The minimum absolute atomic E-state index is 0.0124. The number of carboxylic acid groups (broad SMARTS) is 1. The fourth-order valence-corrected chi connectivity index (χ4v) is 3.65. The van der Waals surface area contributed by atoms with Crippen molar-refractivity contribution in [3.63, 3.8) is 0 Å². The second-order valence-electron chi connectivity index (χ2n) is 3.14. The summed E-state index contributed by atoms with van der Waals surface area (Å²) in [6, 6.07) is 2.61. The van der Waals surface area contributed by atoms with Crippen LogP contribution in [0.4, 0.5) is 0 Å². The molecule has 0 unspecified atom stereocenters. The van der Waals surface area contributed by atoms with Gasteiger partial charge in [0.1, 0.15) is 11.4 Å². The molecule has 1 rings (SSSR count). The lowest BCUT2D eigenvalue weighted by Crippen LogP contribution is -2.29. The number of hydrogen-bond acceptors (Lipinski definition) is 4. The number of nitrogens with one attached hydrogen (secondary N) is 1. The van der Waals surface area contributed by atoms with E-state index >= 15 is 0 Å². The van der Waals surface area contributed by atoms with Crippen LogP contribution in [0.3, 0.4) is 0 Å². The van der Waals surface area contributed by atoms with E-state index in [0.717, 1.165) is 0 Å². The Labute approximate surface area is 119 Å². The monoisotopic (exact) mass is 329 g/mol. The minimum Gasteiger partial charge on any atom is -0.480 e. The molecule has 0 saturated heterocycles. The van der Waals surface area contributed by atoms with Crippen molar-refractivity contribution in [1.82, 2.24) is 4.72 Å². The summed E-state index contributed by atoms with van der Waals surface area (Å²) in [5, 5.41) is 8.67. The normalized spacial score (nSPS) is 11.5. The molecule has 9 heteroatoms. The van der Waals surface area contributed by atoms with Gasteiger partial charge in [-0.15, -0.1) is 11.8 Å². The molecule has 5 nitrogen and oxygen atoms in total. The van der Waals surface area contributed by atoms with Gasteiger partial charge in [0.15, 0.2) is 0 Å². The molecule has 0 spiro atoms. The number of hydrogen-bond donors (Lipinski definition) is 2. The molecular weight excluding hydrogens is 321 g/mol. The number of rotatable bonds is 5. The summed E-state index contributed by atoms with van der Waals surface area (Å²) in [6.45, 7) is -0.722. The lowest BCUT2D eigenvalue weighted by molar-refractivity contribution is -0.135. The molecule has 0 bridgehead atoms. The van der Waals surface area contributed by atoms with Crippen LogP contribution in [-0.2, 0) is 14.8 Å². The molecule has 100 valence electrons. The van der Waals surface area contributed by atoms with Crippen molar-refractivity contribution < 1.29 is 18.3 Å². The number of aliphatic carboxylic acids is 1. The Kier molecular flexibility index (Phi) is 5.30. The van der Waals surface area contributed by atoms with E-state index in [4.69, 9.17) is 28.3 Å². The maximum atomic E-state index is 11.8. The molecule has 0 aliphatic rings. The zero-order valence-electron chi connectivity index (χ0n) is 9.11. The van der Waals surface area contributed by atoms with E-state index in [-0.39, 0.29) is 14.9 Å². The third-order valence-corrected chi connectivity index (χ3v) is 4.98. The number of thioether (sulfide) groups is 1. The van der Waals surface area contributed by atoms with Crippen LogP contribution in [0, 0.1) is 0 Å². The Morgan fingerprint density at radius 3 is 2.50 bits per heavy atom. The molecule has 0 amide bonds. The first kappa shape index (κ1) is 15.6. The zero-order valence-corrected chi connectivity index (χ0v) is 12.3. The molecule has 1 aromatic carbocycles. The quantitative estimate of drug-likeness (QED) is 0.808. The topological polar surface area (TPSA) is 83.5 Å². The summed E-state index contributed by atoms with van der Waals surface area (Å²) < 4.78 is 25.5. The highest BCUT2D eigenvalue weighted by Gasteiger charge is 2.20. The Hall–Kier alpha value is -0.470. The second-order valence-corrected chi connectivity index (χ2v) is 6.53. The number of halogens is 2. The fourth-order valence-electron chi connectivity index (χ4n) is 1.11.